The summed E-state index contributed by atoms with van der Waals surface area (Å²) >= 11 is 0. The summed E-state index contributed by atoms with van der Waals surface area (Å²) in [4.78, 5) is 13.4. The van der Waals surface area contributed by atoms with Crippen molar-refractivity contribution in [3.05, 3.63) is 30.3 Å². The van der Waals surface area contributed by atoms with Gasteiger partial charge in [-0.2, -0.15) is 0 Å². The molecule has 0 unspecified atom stereocenters. The van der Waals surface area contributed by atoms with Gasteiger partial charge < -0.3 is 4.74 Å². The maximum absolute atomic E-state index is 11.7. The smallest absolute Gasteiger partial charge is 0.413 e. The molecule has 0 aliphatic carbocycles. The molecule has 0 atom stereocenters. The highest BCUT2D eigenvalue weighted by atomic mass is 16.5. The minimum atomic E-state index is -0.281. The van der Waals surface area contributed by atoms with Crippen LogP contribution >= 0.6 is 0 Å². The zero-order chi connectivity index (χ0) is 13.2. The van der Waals surface area contributed by atoms with Crippen molar-refractivity contribution in [2.24, 2.45) is 0 Å². The molecule has 0 N–H and O–H groups in total. The molecule has 1 aromatic carbocycles. The highest BCUT2D eigenvalue weighted by Gasteiger charge is 2.14. The van der Waals surface area contributed by atoms with Gasteiger partial charge in [0.25, 0.3) is 0 Å². The predicted octanol–water partition coefficient (Wildman–Crippen LogP) is 4.23. The van der Waals surface area contributed by atoms with E-state index < -0.39 is 0 Å². The van der Waals surface area contributed by atoms with Gasteiger partial charge in [-0.05, 0) is 18.6 Å². The Morgan fingerprint density at radius 1 is 1.11 bits per heavy atom. The van der Waals surface area contributed by atoms with Crippen LogP contribution in [0.3, 0.4) is 0 Å². The molecule has 0 aliphatic rings. The zero-order valence-corrected chi connectivity index (χ0v) is 11.4. The van der Waals surface area contributed by atoms with E-state index >= 15 is 0 Å². The van der Waals surface area contributed by atoms with Crippen LogP contribution in [0.25, 0.3) is 0 Å². The van der Waals surface area contributed by atoms with Crippen LogP contribution < -0.4 is 4.90 Å². The van der Waals surface area contributed by atoms with Crippen LogP contribution in [0.1, 0.15) is 39.0 Å². The van der Waals surface area contributed by atoms with Crippen molar-refractivity contribution < 1.29 is 9.53 Å². The van der Waals surface area contributed by atoms with Crippen LogP contribution in [-0.4, -0.2) is 19.7 Å². The maximum Gasteiger partial charge on any atom is 0.413 e. The summed E-state index contributed by atoms with van der Waals surface area (Å²) in [5.74, 6) is 0. The van der Waals surface area contributed by atoms with Gasteiger partial charge in [0.15, 0.2) is 0 Å². The number of hydrogen-bond acceptors (Lipinski definition) is 2. The molecule has 0 fully saturated rings. The van der Waals surface area contributed by atoms with Gasteiger partial charge in [0.05, 0.1) is 7.11 Å². The van der Waals surface area contributed by atoms with Crippen LogP contribution in [0.5, 0.6) is 0 Å². The van der Waals surface area contributed by atoms with Gasteiger partial charge >= 0.3 is 6.09 Å². The molecule has 0 heterocycles. The lowest BCUT2D eigenvalue weighted by Gasteiger charge is -2.21. The van der Waals surface area contributed by atoms with E-state index in [9.17, 15) is 4.79 Å². The second kappa shape index (κ2) is 8.56. The highest BCUT2D eigenvalue weighted by Crippen LogP contribution is 2.15. The molecule has 1 rings (SSSR count). The second-order valence-corrected chi connectivity index (χ2v) is 4.37. The van der Waals surface area contributed by atoms with Crippen LogP contribution in [0.4, 0.5) is 10.5 Å². The molecular formula is C15H23NO2. The summed E-state index contributed by atoms with van der Waals surface area (Å²) in [6.07, 6.45) is 5.64. The SMILES string of the molecule is CCCCCCCN(C(=O)OC)c1ccccc1. The van der Waals surface area contributed by atoms with Crippen LogP contribution in [-0.2, 0) is 4.74 Å². The first-order valence-corrected chi connectivity index (χ1v) is 6.70. The van der Waals surface area contributed by atoms with E-state index in [0.717, 1.165) is 25.1 Å². The maximum atomic E-state index is 11.7. The van der Waals surface area contributed by atoms with Gasteiger partial charge in [-0.3, -0.25) is 4.90 Å². The Balaban J connectivity index is 2.50. The normalized spacial score (nSPS) is 10.1. The number of carbonyl (C=O) groups excluding carboxylic acids is 1. The quantitative estimate of drug-likeness (QED) is 0.677. The van der Waals surface area contributed by atoms with E-state index in [1.807, 2.05) is 30.3 Å². The molecule has 0 spiro atoms. The summed E-state index contributed by atoms with van der Waals surface area (Å²) in [5.41, 5.74) is 0.903. The first kappa shape index (κ1) is 14.6. The average molecular weight is 249 g/mol. The average Bonchev–Trinajstić information content (AvgIpc) is 2.43. The number of para-hydroxylation sites is 1. The fourth-order valence-corrected chi connectivity index (χ4v) is 1.92. The van der Waals surface area contributed by atoms with Crippen molar-refractivity contribution in [2.45, 2.75) is 39.0 Å². The van der Waals surface area contributed by atoms with Gasteiger partial charge in [0.1, 0.15) is 0 Å². The zero-order valence-electron chi connectivity index (χ0n) is 11.4. The van der Waals surface area contributed by atoms with Gasteiger partial charge in [0.2, 0.25) is 0 Å². The lowest BCUT2D eigenvalue weighted by molar-refractivity contribution is 0.178. The van der Waals surface area contributed by atoms with E-state index in [1.54, 1.807) is 4.90 Å². The molecular weight excluding hydrogens is 226 g/mol. The number of benzene rings is 1. The predicted molar refractivity (Wildman–Crippen MR) is 75.0 cm³/mol. The molecule has 3 nitrogen and oxygen atoms in total. The third kappa shape index (κ3) is 4.78. The Kier molecular flexibility index (Phi) is 6.92. The number of anilines is 1. The number of carbonyl (C=O) groups is 1. The lowest BCUT2D eigenvalue weighted by atomic mass is 10.1. The number of hydrogen-bond donors (Lipinski definition) is 0. The first-order valence-electron chi connectivity index (χ1n) is 6.70. The van der Waals surface area contributed by atoms with Crippen LogP contribution in [0, 0.1) is 0 Å². The molecule has 100 valence electrons. The van der Waals surface area contributed by atoms with Crippen molar-refractivity contribution in [3.8, 4) is 0 Å². The van der Waals surface area contributed by atoms with Gasteiger partial charge in [-0.15, -0.1) is 0 Å². The number of amides is 1. The Morgan fingerprint density at radius 3 is 2.39 bits per heavy atom. The third-order valence-corrected chi connectivity index (χ3v) is 2.95. The first-order chi connectivity index (χ1) is 8.79. The van der Waals surface area contributed by atoms with E-state index in [2.05, 4.69) is 6.92 Å². The highest BCUT2D eigenvalue weighted by molar-refractivity contribution is 5.87. The Hall–Kier alpha value is -1.51. The van der Waals surface area contributed by atoms with Crippen molar-refractivity contribution in [3.63, 3.8) is 0 Å². The Morgan fingerprint density at radius 2 is 1.78 bits per heavy atom. The molecule has 0 saturated carbocycles. The topological polar surface area (TPSA) is 29.5 Å². The minimum Gasteiger partial charge on any atom is -0.452 e. The molecule has 0 saturated heterocycles. The standard InChI is InChI=1S/C15H23NO2/c1-3-4-5-6-10-13-16(15(17)18-2)14-11-8-7-9-12-14/h7-9,11-12H,3-6,10,13H2,1-2H3. The minimum absolute atomic E-state index is 0.281. The third-order valence-electron chi connectivity index (χ3n) is 2.95. The molecule has 0 aromatic heterocycles. The largest absolute Gasteiger partial charge is 0.452 e. The van der Waals surface area contributed by atoms with Crippen LogP contribution in [0.15, 0.2) is 30.3 Å². The lowest BCUT2D eigenvalue weighted by Crippen LogP contribution is -2.31. The van der Waals surface area contributed by atoms with Gasteiger partial charge in [0, 0.05) is 12.2 Å². The fraction of sp³-hybridized carbons (Fsp3) is 0.533. The number of methoxy groups -OCH3 is 1. The molecule has 18 heavy (non-hydrogen) atoms. The van der Waals surface area contributed by atoms with E-state index in [1.165, 1.54) is 26.4 Å². The number of rotatable bonds is 7. The molecule has 0 aliphatic heterocycles. The molecule has 1 aromatic rings. The van der Waals surface area contributed by atoms with Gasteiger partial charge in [-0.1, -0.05) is 50.8 Å². The van der Waals surface area contributed by atoms with Crippen molar-refractivity contribution in [1.82, 2.24) is 0 Å². The van der Waals surface area contributed by atoms with Gasteiger partial charge in [-0.25, -0.2) is 4.79 Å². The fourth-order valence-electron chi connectivity index (χ4n) is 1.92. The summed E-state index contributed by atoms with van der Waals surface area (Å²) in [7, 11) is 1.43. The van der Waals surface area contributed by atoms with Crippen molar-refractivity contribution in [2.75, 3.05) is 18.6 Å². The van der Waals surface area contributed by atoms with E-state index in [-0.39, 0.29) is 6.09 Å². The van der Waals surface area contributed by atoms with Crippen molar-refractivity contribution in [1.29, 1.82) is 0 Å². The molecule has 3 heteroatoms. The monoisotopic (exact) mass is 249 g/mol. The number of ether oxygens (including phenoxy) is 1. The summed E-state index contributed by atoms with van der Waals surface area (Å²) in [6, 6.07) is 9.68. The summed E-state index contributed by atoms with van der Waals surface area (Å²) < 4.78 is 4.83. The second-order valence-electron chi connectivity index (χ2n) is 4.37. The summed E-state index contributed by atoms with van der Waals surface area (Å²) in [6.45, 7) is 2.92. The Labute approximate surface area is 110 Å². The van der Waals surface area contributed by atoms with Crippen LogP contribution in [0.2, 0.25) is 0 Å². The molecule has 0 radical (unpaired) electrons. The van der Waals surface area contributed by atoms with E-state index in [0.29, 0.717) is 0 Å². The van der Waals surface area contributed by atoms with E-state index in [4.69, 9.17) is 4.74 Å². The van der Waals surface area contributed by atoms with Crippen molar-refractivity contribution >= 4 is 11.8 Å². The summed E-state index contributed by atoms with van der Waals surface area (Å²) in [5, 5.41) is 0. The number of unbranched alkanes of at least 4 members (excludes halogenated alkanes) is 4. The Bertz CT molecular complexity index is 338. The number of nitrogens with zero attached hydrogens (tertiary/aromatic N) is 1. The molecule has 0 bridgehead atoms. The molecule has 1 amide bonds.